The summed E-state index contributed by atoms with van der Waals surface area (Å²) < 4.78 is 0. The van der Waals surface area contributed by atoms with Gasteiger partial charge in [-0.1, -0.05) is 13.3 Å². The summed E-state index contributed by atoms with van der Waals surface area (Å²) in [5, 5.41) is 9.30. The van der Waals surface area contributed by atoms with Gasteiger partial charge in [0.25, 0.3) is 0 Å². The summed E-state index contributed by atoms with van der Waals surface area (Å²) in [4.78, 5) is 24.3. The van der Waals surface area contributed by atoms with E-state index in [0.29, 0.717) is 5.82 Å². The fraction of sp³-hybridized carbons (Fsp3) is 0.643. The van der Waals surface area contributed by atoms with Gasteiger partial charge >= 0.3 is 5.97 Å². The number of carboxylic acid groups (broad SMARTS) is 1. The largest absolute Gasteiger partial charge is 0.477 e. The van der Waals surface area contributed by atoms with Crippen LogP contribution in [0.5, 0.6) is 0 Å². The van der Waals surface area contributed by atoms with Crippen LogP contribution in [0.2, 0.25) is 0 Å². The molecular weight excluding hydrogens is 256 g/mol. The van der Waals surface area contributed by atoms with Crippen molar-refractivity contribution in [3.63, 3.8) is 0 Å². The maximum Gasteiger partial charge on any atom is 0.341 e. The van der Waals surface area contributed by atoms with Gasteiger partial charge in [0.15, 0.2) is 0 Å². The number of hydrogen-bond acceptors (Lipinski definition) is 5. The standard InChI is InChI=1S/C14H22N4O2/c1-3-4-5-12-15-10-11(14(19)20)13(16-12)18-8-6-17(2)7-9-18/h10H,3-9H2,1-2H3,(H,19,20). The second-order valence-electron chi connectivity index (χ2n) is 5.22. The molecular formula is C14H22N4O2. The topological polar surface area (TPSA) is 69.6 Å². The Bertz CT molecular complexity index is 470. The number of carbonyl (C=O) groups is 1. The monoisotopic (exact) mass is 278 g/mol. The predicted molar refractivity (Wildman–Crippen MR) is 77.3 cm³/mol. The van der Waals surface area contributed by atoms with Crippen LogP contribution in [0.4, 0.5) is 5.82 Å². The molecule has 1 fully saturated rings. The molecule has 20 heavy (non-hydrogen) atoms. The van der Waals surface area contributed by atoms with Crippen molar-refractivity contribution in [2.24, 2.45) is 0 Å². The second kappa shape index (κ2) is 6.65. The summed E-state index contributed by atoms with van der Waals surface area (Å²) in [6, 6.07) is 0. The van der Waals surface area contributed by atoms with E-state index in [9.17, 15) is 9.90 Å². The summed E-state index contributed by atoms with van der Waals surface area (Å²) in [5.41, 5.74) is 0.204. The number of likely N-dealkylation sites (N-methyl/N-ethyl adjacent to an activating group) is 1. The van der Waals surface area contributed by atoms with Gasteiger partial charge in [0.05, 0.1) is 0 Å². The third-order valence-electron chi connectivity index (χ3n) is 3.61. The first-order valence-corrected chi connectivity index (χ1v) is 7.14. The van der Waals surface area contributed by atoms with Crippen molar-refractivity contribution < 1.29 is 9.90 Å². The van der Waals surface area contributed by atoms with Gasteiger partial charge < -0.3 is 14.9 Å². The lowest BCUT2D eigenvalue weighted by atomic mass is 10.2. The Kier molecular flexibility index (Phi) is 4.89. The van der Waals surface area contributed by atoms with Gasteiger partial charge in [-0.3, -0.25) is 0 Å². The minimum absolute atomic E-state index is 0.204. The van der Waals surface area contributed by atoms with Gasteiger partial charge in [0, 0.05) is 38.8 Å². The number of aromatic nitrogens is 2. The fourth-order valence-corrected chi connectivity index (χ4v) is 2.27. The predicted octanol–water partition coefficient (Wildman–Crippen LogP) is 1.27. The Morgan fingerprint density at radius 3 is 2.65 bits per heavy atom. The molecule has 0 radical (unpaired) electrons. The van der Waals surface area contributed by atoms with Crippen LogP contribution in [0.1, 0.15) is 35.9 Å². The first-order valence-electron chi connectivity index (χ1n) is 7.14. The SMILES string of the molecule is CCCCc1ncc(C(=O)O)c(N2CCN(C)CC2)n1. The maximum atomic E-state index is 11.3. The van der Waals surface area contributed by atoms with Crippen LogP contribution >= 0.6 is 0 Å². The fourth-order valence-electron chi connectivity index (χ4n) is 2.27. The van der Waals surface area contributed by atoms with E-state index in [0.717, 1.165) is 51.3 Å². The van der Waals surface area contributed by atoms with Crippen molar-refractivity contribution in [3.05, 3.63) is 17.6 Å². The lowest BCUT2D eigenvalue weighted by Gasteiger charge is -2.33. The quantitative estimate of drug-likeness (QED) is 0.874. The molecule has 1 aromatic rings. The summed E-state index contributed by atoms with van der Waals surface area (Å²) in [7, 11) is 2.07. The molecule has 1 saturated heterocycles. The lowest BCUT2D eigenvalue weighted by molar-refractivity contribution is 0.0696. The first kappa shape index (κ1) is 14.7. The summed E-state index contributed by atoms with van der Waals surface area (Å²) in [6.45, 7) is 5.58. The molecule has 1 aliphatic rings. The van der Waals surface area contributed by atoms with E-state index in [1.54, 1.807) is 0 Å². The molecule has 6 nitrogen and oxygen atoms in total. The van der Waals surface area contributed by atoms with Crippen LogP contribution in [0, 0.1) is 0 Å². The molecule has 0 unspecified atom stereocenters. The molecule has 1 aliphatic heterocycles. The third-order valence-corrected chi connectivity index (χ3v) is 3.61. The molecule has 2 rings (SSSR count). The number of unbranched alkanes of at least 4 members (excludes halogenated alkanes) is 1. The number of anilines is 1. The highest BCUT2D eigenvalue weighted by Gasteiger charge is 2.22. The van der Waals surface area contributed by atoms with Crippen molar-refractivity contribution in [2.45, 2.75) is 26.2 Å². The first-order chi connectivity index (χ1) is 9.61. The van der Waals surface area contributed by atoms with E-state index in [4.69, 9.17) is 0 Å². The highest BCUT2D eigenvalue weighted by molar-refractivity contribution is 5.93. The van der Waals surface area contributed by atoms with Gasteiger partial charge in [0.1, 0.15) is 17.2 Å². The smallest absolute Gasteiger partial charge is 0.341 e. The number of aromatic carboxylic acids is 1. The summed E-state index contributed by atoms with van der Waals surface area (Å²) in [6.07, 6.45) is 4.35. The van der Waals surface area contributed by atoms with Crippen LogP contribution in [-0.2, 0) is 6.42 Å². The molecule has 2 heterocycles. The van der Waals surface area contributed by atoms with Crippen molar-refractivity contribution in [2.75, 3.05) is 38.1 Å². The molecule has 0 aromatic carbocycles. The molecule has 0 aliphatic carbocycles. The molecule has 110 valence electrons. The van der Waals surface area contributed by atoms with E-state index < -0.39 is 5.97 Å². The zero-order valence-electron chi connectivity index (χ0n) is 12.2. The van der Waals surface area contributed by atoms with E-state index >= 15 is 0 Å². The zero-order chi connectivity index (χ0) is 14.5. The van der Waals surface area contributed by atoms with Crippen LogP contribution < -0.4 is 4.90 Å². The van der Waals surface area contributed by atoms with Crippen molar-refractivity contribution >= 4 is 11.8 Å². The third kappa shape index (κ3) is 3.45. The minimum atomic E-state index is -0.957. The van der Waals surface area contributed by atoms with Gasteiger partial charge in [-0.25, -0.2) is 14.8 Å². The average Bonchev–Trinajstić information content (AvgIpc) is 2.45. The zero-order valence-corrected chi connectivity index (χ0v) is 12.2. The highest BCUT2D eigenvalue weighted by atomic mass is 16.4. The van der Waals surface area contributed by atoms with Gasteiger partial charge in [-0.15, -0.1) is 0 Å². The molecule has 0 amide bonds. The van der Waals surface area contributed by atoms with Gasteiger partial charge in [-0.2, -0.15) is 0 Å². The number of rotatable bonds is 5. The van der Waals surface area contributed by atoms with E-state index in [1.165, 1.54) is 6.20 Å². The summed E-state index contributed by atoms with van der Waals surface area (Å²) >= 11 is 0. The van der Waals surface area contributed by atoms with E-state index in [2.05, 4.69) is 33.7 Å². The normalized spacial score (nSPS) is 16.4. The van der Waals surface area contributed by atoms with Crippen LogP contribution in [0.3, 0.4) is 0 Å². The molecule has 0 spiro atoms. The van der Waals surface area contributed by atoms with Crippen LogP contribution in [0.15, 0.2) is 6.20 Å². The minimum Gasteiger partial charge on any atom is -0.477 e. The van der Waals surface area contributed by atoms with Gasteiger partial charge in [0.2, 0.25) is 0 Å². The number of nitrogens with zero attached hydrogens (tertiary/aromatic N) is 4. The second-order valence-corrected chi connectivity index (χ2v) is 5.22. The molecule has 0 atom stereocenters. The molecule has 0 saturated carbocycles. The summed E-state index contributed by atoms with van der Waals surface area (Å²) in [5.74, 6) is 0.360. The van der Waals surface area contributed by atoms with Crippen LogP contribution in [0.25, 0.3) is 0 Å². The molecule has 0 bridgehead atoms. The number of hydrogen-bond donors (Lipinski definition) is 1. The molecule has 1 N–H and O–H groups in total. The van der Waals surface area contributed by atoms with E-state index in [1.807, 2.05) is 0 Å². The van der Waals surface area contributed by atoms with E-state index in [-0.39, 0.29) is 5.56 Å². The number of piperazine rings is 1. The maximum absolute atomic E-state index is 11.3. The van der Waals surface area contributed by atoms with Crippen molar-refractivity contribution in [1.82, 2.24) is 14.9 Å². The Balaban J connectivity index is 2.24. The Labute approximate surface area is 119 Å². The Hall–Kier alpha value is -1.69. The average molecular weight is 278 g/mol. The van der Waals surface area contributed by atoms with Gasteiger partial charge in [-0.05, 0) is 13.5 Å². The van der Waals surface area contributed by atoms with Crippen LogP contribution in [-0.4, -0.2) is 59.2 Å². The highest BCUT2D eigenvalue weighted by Crippen LogP contribution is 2.19. The molecule has 6 heteroatoms. The van der Waals surface area contributed by atoms with Crippen molar-refractivity contribution in [1.29, 1.82) is 0 Å². The lowest BCUT2D eigenvalue weighted by Crippen LogP contribution is -2.45. The number of carboxylic acids is 1. The Morgan fingerprint density at radius 2 is 2.05 bits per heavy atom. The van der Waals surface area contributed by atoms with Crippen molar-refractivity contribution in [3.8, 4) is 0 Å². The Morgan fingerprint density at radius 1 is 1.35 bits per heavy atom. The number of aryl methyl sites for hydroxylation is 1. The molecule has 1 aromatic heterocycles.